The Labute approximate surface area is 227 Å². The van der Waals surface area contributed by atoms with E-state index in [2.05, 4.69) is 127 Å². The van der Waals surface area contributed by atoms with Gasteiger partial charge in [0.05, 0.1) is 11.0 Å². The number of benzene rings is 5. The van der Waals surface area contributed by atoms with Crippen molar-refractivity contribution in [1.82, 2.24) is 9.05 Å². The maximum atomic E-state index is 2.75. The van der Waals surface area contributed by atoms with E-state index in [1.165, 1.54) is 88.4 Å². The first-order valence-corrected chi connectivity index (χ1v) is 14.0. The summed E-state index contributed by atoms with van der Waals surface area (Å²) < 4.78 is 5.30. The molecule has 0 N–H and O–H groups in total. The number of nitrogens with zero attached hydrogens (tertiary/aromatic N) is 2. The summed E-state index contributed by atoms with van der Waals surface area (Å²) >= 11 is 0. The average molecular weight is 496 g/mol. The summed E-state index contributed by atoms with van der Waals surface area (Å²) in [6, 6.07) is 36.8. The summed E-state index contributed by atoms with van der Waals surface area (Å²) in [5.41, 5.74) is 17.9. The predicted octanol–water partition coefficient (Wildman–Crippen LogP) is 7.30. The third-order valence-corrected chi connectivity index (χ3v) is 9.87. The minimum atomic E-state index is -0.0946. The van der Waals surface area contributed by atoms with Crippen LogP contribution in [0.15, 0.2) is 97.1 Å². The van der Waals surface area contributed by atoms with Gasteiger partial charge in [0.2, 0.25) is 0 Å². The van der Waals surface area contributed by atoms with E-state index in [-0.39, 0.29) is 12.3 Å². The van der Waals surface area contributed by atoms with Crippen LogP contribution in [0, 0.1) is 6.92 Å². The average Bonchev–Trinajstić information content (AvgIpc) is 3.56. The predicted molar refractivity (Wildman–Crippen MR) is 164 cm³/mol. The highest BCUT2D eigenvalue weighted by molar-refractivity contribution is 6.89. The fourth-order valence-electron chi connectivity index (χ4n) is 8.51. The van der Waals surface area contributed by atoms with Crippen molar-refractivity contribution in [2.75, 3.05) is 0 Å². The number of aryl methyl sites for hydroxylation is 1. The quantitative estimate of drug-likeness (QED) is 0.195. The lowest BCUT2D eigenvalue weighted by molar-refractivity contribution is 0.632. The molecular weight excluding hydrogens is 471 g/mol. The third-order valence-electron chi connectivity index (χ3n) is 9.87. The van der Waals surface area contributed by atoms with Crippen molar-refractivity contribution >= 4 is 50.5 Å². The number of aromatic nitrogens is 2. The molecule has 2 nitrogen and oxygen atoms in total. The van der Waals surface area contributed by atoms with E-state index in [0.29, 0.717) is 0 Å². The van der Waals surface area contributed by atoms with Crippen LogP contribution in [0.4, 0.5) is 0 Å². The molecule has 4 heterocycles. The van der Waals surface area contributed by atoms with Crippen LogP contribution in [0.3, 0.4) is 0 Å². The van der Waals surface area contributed by atoms with Crippen molar-refractivity contribution in [3.63, 3.8) is 0 Å². The molecule has 182 valence electrons. The molecule has 0 unspecified atom stereocenters. The van der Waals surface area contributed by atoms with Crippen LogP contribution >= 0.6 is 0 Å². The number of rotatable bonds is 0. The van der Waals surface area contributed by atoms with Crippen molar-refractivity contribution < 1.29 is 0 Å². The van der Waals surface area contributed by atoms with Gasteiger partial charge in [0, 0.05) is 49.6 Å². The highest BCUT2D eigenvalue weighted by Crippen LogP contribution is 2.55. The molecule has 39 heavy (non-hydrogen) atoms. The SMILES string of the molecule is Cc1cc2c3c(c1)-n1c4ccccc4c4cccc(c41)B3n1c3c(c4cccc-2c41)-c1ccccc1C3(C)C. The van der Waals surface area contributed by atoms with E-state index in [9.17, 15) is 0 Å². The first-order valence-electron chi connectivity index (χ1n) is 14.0. The Kier molecular flexibility index (Phi) is 3.35. The lowest BCUT2D eigenvalue weighted by Crippen LogP contribution is -2.56. The summed E-state index contributed by atoms with van der Waals surface area (Å²) in [4.78, 5) is 0. The fraction of sp³-hybridized carbons (Fsp3) is 0.111. The van der Waals surface area contributed by atoms with Gasteiger partial charge >= 0.3 is 6.85 Å². The number of hydrogen-bond donors (Lipinski definition) is 0. The second kappa shape index (κ2) is 6.38. The number of para-hydroxylation sites is 3. The molecule has 3 heteroatoms. The lowest BCUT2D eigenvalue weighted by Gasteiger charge is -2.36. The van der Waals surface area contributed by atoms with Crippen LogP contribution < -0.4 is 10.9 Å². The zero-order chi connectivity index (χ0) is 25.8. The second-order valence-corrected chi connectivity index (χ2v) is 12.2. The van der Waals surface area contributed by atoms with E-state index in [1.807, 2.05) is 0 Å². The molecule has 2 aromatic heterocycles. The largest absolute Gasteiger partial charge is 0.378 e. The molecule has 0 saturated carbocycles. The molecule has 0 radical (unpaired) electrons. The highest BCUT2D eigenvalue weighted by atomic mass is 15.0. The molecule has 0 amide bonds. The molecule has 3 aliphatic rings. The zero-order valence-electron chi connectivity index (χ0n) is 22.2. The van der Waals surface area contributed by atoms with Gasteiger partial charge in [0.1, 0.15) is 0 Å². The summed E-state index contributed by atoms with van der Waals surface area (Å²) in [5.74, 6) is 0. The summed E-state index contributed by atoms with van der Waals surface area (Å²) in [5, 5.41) is 4.06. The Morgan fingerprint density at radius 2 is 1.41 bits per heavy atom. The Morgan fingerprint density at radius 1 is 0.667 bits per heavy atom. The first-order chi connectivity index (χ1) is 19.1. The molecule has 1 aliphatic carbocycles. The molecule has 0 bridgehead atoms. The third kappa shape index (κ3) is 2.11. The topological polar surface area (TPSA) is 9.86 Å². The first kappa shape index (κ1) is 20.5. The summed E-state index contributed by atoms with van der Waals surface area (Å²) in [6.07, 6.45) is 0. The van der Waals surface area contributed by atoms with Crippen LogP contribution in [0.5, 0.6) is 0 Å². The van der Waals surface area contributed by atoms with E-state index < -0.39 is 0 Å². The van der Waals surface area contributed by atoms with Gasteiger partial charge in [0.25, 0.3) is 0 Å². The van der Waals surface area contributed by atoms with Crippen LogP contribution in [-0.4, -0.2) is 15.9 Å². The number of fused-ring (bicyclic) bond motifs is 12. The van der Waals surface area contributed by atoms with Gasteiger partial charge in [-0.05, 0) is 52.2 Å². The van der Waals surface area contributed by atoms with E-state index >= 15 is 0 Å². The molecular formula is C36H25BN2. The monoisotopic (exact) mass is 496 g/mol. The van der Waals surface area contributed by atoms with E-state index in [1.54, 1.807) is 0 Å². The summed E-state index contributed by atoms with van der Waals surface area (Å²) in [7, 11) is 0. The summed E-state index contributed by atoms with van der Waals surface area (Å²) in [6.45, 7) is 7.23. The van der Waals surface area contributed by atoms with Crippen molar-refractivity contribution in [1.29, 1.82) is 0 Å². The smallest absolute Gasteiger partial charge is 0.332 e. The molecule has 5 aromatic carbocycles. The minimum Gasteiger partial charge on any atom is -0.378 e. The van der Waals surface area contributed by atoms with Gasteiger partial charge in [-0.3, -0.25) is 0 Å². The zero-order valence-corrected chi connectivity index (χ0v) is 22.2. The van der Waals surface area contributed by atoms with E-state index in [4.69, 9.17) is 0 Å². The van der Waals surface area contributed by atoms with Crippen molar-refractivity contribution in [3.8, 4) is 27.9 Å². The lowest BCUT2D eigenvalue weighted by atomic mass is 9.45. The Morgan fingerprint density at radius 3 is 2.33 bits per heavy atom. The van der Waals surface area contributed by atoms with Gasteiger partial charge in [0.15, 0.2) is 0 Å². The molecule has 0 atom stereocenters. The second-order valence-electron chi connectivity index (χ2n) is 12.2. The maximum Gasteiger partial charge on any atom is 0.332 e. The Bertz CT molecular complexity index is 2280. The molecule has 0 fully saturated rings. The van der Waals surface area contributed by atoms with Crippen LogP contribution in [0.25, 0.3) is 60.6 Å². The van der Waals surface area contributed by atoms with E-state index in [0.717, 1.165) is 0 Å². The van der Waals surface area contributed by atoms with Gasteiger partial charge < -0.3 is 9.05 Å². The Hall–Kier alpha value is -4.50. The van der Waals surface area contributed by atoms with Crippen LogP contribution in [0.1, 0.15) is 30.7 Å². The molecule has 0 spiro atoms. The van der Waals surface area contributed by atoms with Crippen LogP contribution in [0.2, 0.25) is 0 Å². The Balaban J connectivity index is 1.48. The molecule has 10 rings (SSSR count). The fourth-order valence-corrected chi connectivity index (χ4v) is 8.51. The molecule has 7 aromatic rings. The van der Waals surface area contributed by atoms with Gasteiger partial charge in [-0.1, -0.05) is 98.8 Å². The van der Waals surface area contributed by atoms with Crippen LogP contribution in [-0.2, 0) is 5.41 Å². The maximum absolute atomic E-state index is 2.75. The highest BCUT2D eigenvalue weighted by Gasteiger charge is 2.47. The molecule has 0 saturated heterocycles. The van der Waals surface area contributed by atoms with Crippen molar-refractivity contribution in [2.45, 2.75) is 26.2 Å². The normalized spacial score (nSPS) is 15.2. The minimum absolute atomic E-state index is 0.0946. The standard InChI is InChI=1S/C36H25BN2/c1-20-18-26-23-12-8-14-25-31-24-11-4-6-15-27(24)36(2,3)35(31)39(33(23)25)37-28-16-9-13-22-21-10-5-7-17-29(21)38(34(22)28)30(19-20)32(26)37/h4-19H,1-3H3. The van der Waals surface area contributed by atoms with Crippen molar-refractivity contribution in [3.05, 3.63) is 114 Å². The van der Waals surface area contributed by atoms with Gasteiger partial charge in [-0.25, -0.2) is 0 Å². The number of hydrogen-bond acceptors (Lipinski definition) is 0. The van der Waals surface area contributed by atoms with Crippen molar-refractivity contribution in [2.24, 2.45) is 0 Å². The van der Waals surface area contributed by atoms with Gasteiger partial charge in [-0.2, -0.15) is 0 Å². The molecule has 2 aliphatic heterocycles. The van der Waals surface area contributed by atoms with Gasteiger partial charge in [-0.15, -0.1) is 0 Å².